The highest BCUT2D eigenvalue weighted by Gasteiger charge is 2.17. The van der Waals surface area contributed by atoms with Gasteiger partial charge in [0.15, 0.2) is 0 Å². The van der Waals surface area contributed by atoms with Gasteiger partial charge in [0.2, 0.25) is 0 Å². The predicted molar refractivity (Wildman–Crippen MR) is 91.9 cm³/mol. The number of hydrogen-bond acceptors (Lipinski definition) is 2. The lowest BCUT2D eigenvalue weighted by Crippen LogP contribution is -2.18. The van der Waals surface area contributed by atoms with Crippen LogP contribution in [0.5, 0.6) is 0 Å². The minimum Gasteiger partial charge on any atom is -0.309 e. The van der Waals surface area contributed by atoms with Crippen LogP contribution in [0.3, 0.4) is 0 Å². The second kappa shape index (κ2) is 5.61. The Kier molecular flexibility index (Phi) is 3.86. The summed E-state index contributed by atoms with van der Waals surface area (Å²) in [5.41, 5.74) is 2.70. The first-order valence-corrected chi connectivity index (χ1v) is 8.15. The quantitative estimate of drug-likeness (QED) is 0.644. The van der Waals surface area contributed by atoms with Gasteiger partial charge in [0.05, 0.1) is 6.04 Å². The molecule has 0 amide bonds. The molecular weight excluding hydrogens is 365 g/mol. The Morgan fingerprint density at radius 3 is 2.58 bits per heavy atom. The van der Waals surface area contributed by atoms with Crippen LogP contribution >= 0.6 is 33.9 Å². The van der Waals surface area contributed by atoms with Gasteiger partial charge >= 0.3 is 0 Å². The van der Waals surface area contributed by atoms with E-state index in [0.717, 1.165) is 0 Å². The number of nitrogens with one attached hydrogen (secondary N) is 1. The molecule has 1 unspecified atom stereocenters. The molecule has 0 radical (unpaired) electrons. The molecule has 1 N–H and O–H groups in total. The van der Waals surface area contributed by atoms with E-state index in [-0.39, 0.29) is 6.04 Å². The number of benzene rings is 2. The van der Waals surface area contributed by atoms with E-state index in [4.69, 9.17) is 0 Å². The van der Waals surface area contributed by atoms with Gasteiger partial charge in [0.1, 0.15) is 0 Å². The molecule has 0 spiro atoms. The first-order valence-electron chi connectivity index (χ1n) is 6.19. The lowest BCUT2D eigenvalue weighted by Gasteiger charge is -2.19. The van der Waals surface area contributed by atoms with E-state index in [1.165, 1.54) is 24.8 Å². The molecule has 0 aliphatic carbocycles. The average Bonchev–Trinajstić information content (AvgIpc) is 2.91. The van der Waals surface area contributed by atoms with Crippen molar-refractivity contribution in [2.75, 3.05) is 7.05 Å². The second-order valence-electron chi connectivity index (χ2n) is 4.43. The topological polar surface area (TPSA) is 12.0 Å². The number of thiophene rings is 1. The molecule has 2 aromatic carbocycles. The third kappa shape index (κ3) is 2.42. The van der Waals surface area contributed by atoms with E-state index in [1.807, 2.05) is 18.4 Å². The fraction of sp³-hybridized carbons (Fsp3) is 0.125. The lowest BCUT2D eigenvalue weighted by atomic mass is 9.98. The molecule has 0 bridgehead atoms. The van der Waals surface area contributed by atoms with Gasteiger partial charge in [-0.1, -0.05) is 36.4 Å². The summed E-state index contributed by atoms with van der Waals surface area (Å²) in [5.74, 6) is 0. The van der Waals surface area contributed by atoms with Crippen molar-refractivity contribution in [3.63, 3.8) is 0 Å². The zero-order chi connectivity index (χ0) is 13.2. The van der Waals surface area contributed by atoms with Crippen LogP contribution in [-0.4, -0.2) is 7.05 Å². The van der Waals surface area contributed by atoms with Crippen LogP contribution in [-0.2, 0) is 0 Å². The first-order chi connectivity index (χ1) is 9.31. The standard InChI is InChI=1S/C16H14INS/c1-18-15(12-6-2-3-8-14(12)17)13-7-4-5-11-9-10-19-16(11)13/h2-10,15,18H,1H3. The van der Waals surface area contributed by atoms with Gasteiger partial charge in [0.25, 0.3) is 0 Å². The van der Waals surface area contributed by atoms with Crippen molar-refractivity contribution in [3.8, 4) is 0 Å². The van der Waals surface area contributed by atoms with Gasteiger partial charge < -0.3 is 5.32 Å². The third-order valence-corrected chi connectivity index (χ3v) is 5.29. The molecule has 19 heavy (non-hydrogen) atoms. The Labute approximate surface area is 130 Å². The van der Waals surface area contributed by atoms with E-state index >= 15 is 0 Å². The van der Waals surface area contributed by atoms with Crippen molar-refractivity contribution in [2.24, 2.45) is 0 Å². The maximum atomic E-state index is 3.46. The van der Waals surface area contributed by atoms with Crippen molar-refractivity contribution in [2.45, 2.75) is 6.04 Å². The van der Waals surface area contributed by atoms with Crippen LogP contribution < -0.4 is 5.32 Å². The zero-order valence-electron chi connectivity index (χ0n) is 10.6. The molecule has 0 saturated heterocycles. The maximum Gasteiger partial charge on any atom is 0.0598 e. The summed E-state index contributed by atoms with van der Waals surface area (Å²) in [6.45, 7) is 0. The summed E-state index contributed by atoms with van der Waals surface area (Å²) < 4.78 is 2.68. The highest BCUT2D eigenvalue weighted by Crippen LogP contribution is 2.33. The monoisotopic (exact) mass is 379 g/mol. The SMILES string of the molecule is CNC(c1ccccc1I)c1cccc2ccsc12. The molecular formula is C16H14INS. The van der Waals surface area contributed by atoms with Gasteiger partial charge in [-0.15, -0.1) is 11.3 Å². The molecule has 0 aliphatic rings. The van der Waals surface area contributed by atoms with Crippen LogP contribution in [0, 0.1) is 3.57 Å². The van der Waals surface area contributed by atoms with Gasteiger partial charge in [-0.3, -0.25) is 0 Å². The van der Waals surface area contributed by atoms with E-state index in [9.17, 15) is 0 Å². The predicted octanol–water partition coefficient (Wildman–Crippen LogP) is 4.81. The number of hydrogen-bond donors (Lipinski definition) is 1. The molecule has 0 aliphatic heterocycles. The smallest absolute Gasteiger partial charge is 0.0598 e. The van der Waals surface area contributed by atoms with Crippen molar-refractivity contribution >= 4 is 44.0 Å². The summed E-state index contributed by atoms with van der Waals surface area (Å²) in [7, 11) is 2.03. The summed E-state index contributed by atoms with van der Waals surface area (Å²) >= 11 is 4.23. The summed E-state index contributed by atoms with van der Waals surface area (Å²) in [6, 6.07) is 17.5. The fourth-order valence-electron chi connectivity index (χ4n) is 2.43. The van der Waals surface area contributed by atoms with Gasteiger partial charge in [-0.05, 0) is 63.7 Å². The zero-order valence-corrected chi connectivity index (χ0v) is 13.5. The van der Waals surface area contributed by atoms with E-state index in [1.54, 1.807) is 0 Å². The van der Waals surface area contributed by atoms with Crippen LogP contribution in [0.25, 0.3) is 10.1 Å². The van der Waals surface area contributed by atoms with Gasteiger partial charge in [-0.25, -0.2) is 0 Å². The van der Waals surface area contributed by atoms with Gasteiger partial charge in [-0.2, -0.15) is 0 Å². The van der Waals surface area contributed by atoms with E-state index in [2.05, 4.69) is 81.8 Å². The minimum atomic E-state index is 0.246. The molecule has 3 rings (SSSR count). The van der Waals surface area contributed by atoms with Crippen molar-refractivity contribution < 1.29 is 0 Å². The highest BCUT2D eigenvalue weighted by molar-refractivity contribution is 14.1. The van der Waals surface area contributed by atoms with Crippen LogP contribution in [0.1, 0.15) is 17.2 Å². The van der Waals surface area contributed by atoms with Crippen LogP contribution in [0.4, 0.5) is 0 Å². The molecule has 3 aromatic rings. The van der Waals surface area contributed by atoms with E-state index in [0.29, 0.717) is 0 Å². The molecule has 3 heteroatoms. The van der Waals surface area contributed by atoms with Crippen molar-refractivity contribution in [1.82, 2.24) is 5.32 Å². The van der Waals surface area contributed by atoms with Gasteiger partial charge in [0, 0.05) is 8.27 Å². The lowest BCUT2D eigenvalue weighted by molar-refractivity contribution is 0.694. The van der Waals surface area contributed by atoms with Crippen LogP contribution in [0.15, 0.2) is 53.9 Å². The van der Waals surface area contributed by atoms with Crippen LogP contribution in [0.2, 0.25) is 0 Å². The number of rotatable bonds is 3. The molecule has 0 fully saturated rings. The molecule has 1 nitrogen and oxygen atoms in total. The Morgan fingerprint density at radius 2 is 1.79 bits per heavy atom. The fourth-order valence-corrected chi connectivity index (χ4v) is 4.07. The molecule has 1 heterocycles. The number of fused-ring (bicyclic) bond motifs is 1. The third-order valence-electron chi connectivity index (χ3n) is 3.33. The average molecular weight is 379 g/mol. The first kappa shape index (κ1) is 13.1. The largest absolute Gasteiger partial charge is 0.309 e. The Hall–Kier alpha value is -0.910. The minimum absolute atomic E-state index is 0.246. The summed E-state index contributed by atoms with van der Waals surface area (Å²) in [5, 5.41) is 6.95. The summed E-state index contributed by atoms with van der Waals surface area (Å²) in [6.07, 6.45) is 0. The van der Waals surface area contributed by atoms with E-state index < -0.39 is 0 Å². The molecule has 1 aromatic heterocycles. The highest BCUT2D eigenvalue weighted by atomic mass is 127. The molecule has 1 atom stereocenters. The maximum absolute atomic E-state index is 3.46. The molecule has 0 saturated carbocycles. The van der Waals surface area contributed by atoms with Crippen molar-refractivity contribution in [1.29, 1.82) is 0 Å². The normalized spacial score (nSPS) is 12.7. The molecule has 96 valence electrons. The summed E-state index contributed by atoms with van der Waals surface area (Å²) in [4.78, 5) is 0. The Bertz CT molecular complexity index is 705. The Morgan fingerprint density at radius 1 is 1.00 bits per heavy atom. The Balaban J connectivity index is 2.18. The second-order valence-corrected chi connectivity index (χ2v) is 6.51. The number of halogens is 1. The van der Waals surface area contributed by atoms with Crippen molar-refractivity contribution in [3.05, 3.63) is 68.6 Å².